The van der Waals surface area contributed by atoms with Crippen LogP contribution < -0.4 is 4.90 Å². The van der Waals surface area contributed by atoms with E-state index in [2.05, 4.69) is 44.0 Å². The van der Waals surface area contributed by atoms with Gasteiger partial charge in [0, 0.05) is 42.3 Å². The van der Waals surface area contributed by atoms with Crippen molar-refractivity contribution in [3.63, 3.8) is 0 Å². The second kappa shape index (κ2) is 6.20. The van der Waals surface area contributed by atoms with Crippen LogP contribution in [0, 0.1) is 5.92 Å². The minimum atomic E-state index is 0.572. The van der Waals surface area contributed by atoms with E-state index in [0.717, 1.165) is 22.8 Å². The number of aromatic nitrogens is 4. The van der Waals surface area contributed by atoms with E-state index in [-0.39, 0.29) is 0 Å². The molecule has 4 rings (SSSR count). The number of nitrogens with zero attached hydrogens (tertiary/aromatic N) is 4. The zero-order valence-corrected chi connectivity index (χ0v) is 13.8. The maximum Gasteiger partial charge on any atom is 0.142 e. The van der Waals surface area contributed by atoms with E-state index in [1.165, 1.54) is 23.5 Å². The largest absolute Gasteiger partial charge is 0.356 e. The number of rotatable bonds is 5. The Morgan fingerprint density at radius 2 is 2.22 bits per heavy atom. The molecule has 1 N–H and O–H groups in total. The number of anilines is 1. The highest BCUT2D eigenvalue weighted by molar-refractivity contribution is 7.99. The maximum atomic E-state index is 4.48. The number of fused-ring (bicyclic) bond motifs is 1. The van der Waals surface area contributed by atoms with Gasteiger partial charge in [0.05, 0.1) is 5.39 Å². The molecule has 0 unspecified atom stereocenters. The first-order valence-electron chi connectivity index (χ1n) is 7.85. The molecule has 3 aromatic rings. The van der Waals surface area contributed by atoms with E-state index in [9.17, 15) is 0 Å². The molecule has 1 fully saturated rings. The first-order chi connectivity index (χ1) is 11.3. The van der Waals surface area contributed by atoms with Crippen LogP contribution in [0.15, 0.2) is 48.0 Å². The van der Waals surface area contributed by atoms with E-state index < -0.39 is 0 Å². The Kier molecular flexibility index (Phi) is 3.91. The van der Waals surface area contributed by atoms with Gasteiger partial charge in [-0.05, 0) is 37.0 Å². The van der Waals surface area contributed by atoms with E-state index in [0.29, 0.717) is 6.04 Å². The predicted molar refractivity (Wildman–Crippen MR) is 93.8 cm³/mol. The Hall–Kier alpha value is -2.08. The van der Waals surface area contributed by atoms with E-state index in [1.807, 2.05) is 36.4 Å². The molecule has 3 heterocycles. The molecule has 0 spiro atoms. The Bertz CT molecular complexity index is 782. The molecule has 23 heavy (non-hydrogen) atoms. The molecule has 0 radical (unpaired) electrons. The zero-order valence-electron chi connectivity index (χ0n) is 13.0. The van der Waals surface area contributed by atoms with Gasteiger partial charge in [-0.2, -0.15) is 0 Å². The summed E-state index contributed by atoms with van der Waals surface area (Å²) in [5.74, 6) is 2.97. The fraction of sp³-hybridized carbons (Fsp3) is 0.353. The van der Waals surface area contributed by atoms with Crippen LogP contribution in [0.5, 0.6) is 0 Å². The molecular formula is C17H19N5S. The topological polar surface area (TPSA) is 57.7 Å². The quantitative estimate of drug-likeness (QED) is 0.729. The summed E-state index contributed by atoms with van der Waals surface area (Å²) >= 11 is 1.91. The summed E-state index contributed by atoms with van der Waals surface area (Å²) in [5, 5.41) is 1.10. The van der Waals surface area contributed by atoms with Gasteiger partial charge in [0.25, 0.3) is 0 Å². The van der Waals surface area contributed by atoms with E-state index in [1.54, 1.807) is 6.33 Å². The highest BCUT2D eigenvalue weighted by Crippen LogP contribution is 2.37. The lowest BCUT2D eigenvalue weighted by Crippen LogP contribution is -2.43. The lowest BCUT2D eigenvalue weighted by atomic mass is 9.81. The van der Waals surface area contributed by atoms with Gasteiger partial charge >= 0.3 is 0 Å². The molecule has 6 heteroatoms. The Labute approximate surface area is 139 Å². The first-order valence-corrected chi connectivity index (χ1v) is 8.83. The number of hydrogen-bond acceptors (Lipinski definition) is 5. The molecule has 0 saturated heterocycles. The van der Waals surface area contributed by atoms with Crippen LogP contribution in [0.1, 0.15) is 12.8 Å². The van der Waals surface area contributed by atoms with Crippen molar-refractivity contribution in [3.05, 3.63) is 43.1 Å². The first kappa shape index (κ1) is 14.5. The van der Waals surface area contributed by atoms with Crippen molar-refractivity contribution in [2.45, 2.75) is 23.8 Å². The highest BCUT2D eigenvalue weighted by Gasteiger charge is 2.33. The van der Waals surface area contributed by atoms with Gasteiger partial charge in [0.15, 0.2) is 0 Å². The molecule has 5 nitrogen and oxygen atoms in total. The average Bonchev–Trinajstić information content (AvgIpc) is 3.02. The smallest absolute Gasteiger partial charge is 0.142 e. The summed E-state index contributed by atoms with van der Waals surface area (Å²) < 4.78 is 0. The van der Waals surface area contributed by atoms with Crippen LogP contribution in [0.3, 0.4) is 0 Å². The number of thioether (sulfide) groups is 1. The fourth-order valence-corrected chi connectivity index (χ4v) is 4.12. The maximum absolute atomic E-state index is 4.48. The summed E-state index contributed by atoms with van der Waals surface area (Å²) in [6, 6.07) is 6.75. The summed E-state index contributed by atoms with van der Waals surface area (Å²) in [7, 11) is 2.14. The minimum Gasteiger partial charge on any atom is -0.356 e. The lowest BCUT2D eigenvalue weighted by molar-refractivity contribution is 0.286. The second-order valence-corrected chi connectivity index (χ2v) is 7.13. The molecule has 1 saturated carbocycles. The van der Waals surface area contributed by atoms with Gasteiger partial charge < -0.3 is 9.88 Å². The van der Waals surface area contributed by atoms with Crippen molar-refractivity contribution in [1.82, 2.24) is 19.9 Å². The summed E-state index contributed by atoms with van der Waals surface area (Å²) in [5.41, 5.74) is 0.907. The van der Waals surface area contributed by atoms with Crippen molar-refractivity contribution in [2.24, 2.45) is 5.92 Å². The van der Waals surface area contributed by atoms with Crippen LogP contribution in [0.25, 0.3) is 11.0 Å². The van der Waals surface area contributed by atoms with Crippen molar-refractivity contribution >= 4 is 28.6 Å². The van der Waals surface area contributed by atoms with Crippen LogP contribution in [-0.4, -0.2) is 38.8 Å². The third-order valence-corrected chi connectivity index (χ3v) is 5.76. The van der Waals surface area contributed by atoms with Crippen molar-refractivity contribution in [3.8, 4) is 0 Å². The molecule has 0 aromatic carbocycles. The van der Waals surface area contributed by atoms with Gasteiger partial charge in [-0.15, -0.1) is 11.8 Å². The summed E-state index contributed by atoms with van der Waals surface area (Å²) in [4.78, 5) is 19.6. The van der Waals surface area contributed by atoms with Crippen LogP contribution >= 0.6 is 11.8 Å². The second-order valence-electron chi connectivity index (χ2n) is 6.04. The summed E-state index contributed by atoms with van der Waals surface area (Å²) in [6.45, 7) is 0. The predicted octanol–water partition coefficient (Wildman–Crippen LogP) is 3.36. The van der Waals surface area contributed by atoms with Gasteiger partial charge in [0.2, 0.25) is 0 Å². The monoisotopic (exact) mass is 325 g/mol. The van der Waals surface area contributed by atoms with Gasteiger partial charge in [-0.3, -0.25) is 4.98 Å². The van der Waals surface area contributed by atoms with Crippen LogP contribution in [0.4, 0.5) is 5.82 Å². The molecule has 0 aliphatic heterocycles. The number of nitrogens with one attached hydrogen (secondary N) is 1. The van der Waals surface area contributed by atoms with E-state index >= 15 is 0 Å². The Morgan fingerprint density at radius 1 is 1.30 bits per heavy atom. The van der Waals surface area contributed by atoms with Crippen LogP contribution in [0.2, 0.25) is 0 Å². The molecule has 0 amide bonds. The molecule has 0 bridgehead atoms. The van der Waals surface area contributed by atoms with Crippen molar-refractivity contribution < 1.29 is 0 Å². The lowest BCUT2D eigenvalue weighted by Gasteiger charge is -2.41. The Balaban J connectivity index is 1.35. The van der Waals surface area contributed by atoms with Gasteiger partial charge in [0.1, 0.15) is 17.8 Å². The number of H-pyrrole nitrogens is 1. The molecule has 0 atom stereocenters. The minimum absolute atomic E-state index is 0.572. The van der Waals surface area contributed by atoms with Gasteiger partial charge in [-0.1, -0.05) is 0 Å². The highest BCUT2D eigenvalue weighted by atomic mass is 32.2. The van der Waals surface area contributed by atoms with Crippen LogP contribution in [-0.2, 0) is 0 Å². The fourth-order valence-electron chi connectivity index (χ4n) is 3.11. The third kappa shape index (κ3) is 2.91. The molecule has 3 aromatic heterocycles. The third-order valence-electron chi connectivity index (χ3n) is 4.55. The molecule has 1 aliphatic carbocycles. The standard InChI is InChI=1S/C17H19N5S/c1-22(17-15-4-6-19-16(15)20-11-21-17)13-7-12(8-13)10-23-14-3-2-5-18-9-14/h2-6,9,11-13H,7-8,10H2,1H3,(H,19,20,21)/t12-,13+. The Morgan fingerprint density at radius 3 is 3.04 bits per heavy atom. The van der Waals surface area contributed by atoms with Gasteiger partial charge in [-0.25, -0.2) is 9.97 Å². The van der Waals surface area contributed by atoms with E-state index in [4.69, 9.17) is 0 Å². The summed E-state index contributed by atoms with van der Waals surface area (Å²) in [6.07, 6.45) is 9.77. The normalized spacial score (nSPS) is 20.4. The average molecular weight is 325 g/mol. The number of aromatic amines is 1. The number of pyridine rings is 1. The molecular weight excluding hydrogens is 306 g/mol. The van der Waals surface area contributed by atoms with Crippen molar-refractivity contribution in [1.29, 1.82) is 0 Å². The van der Waals surface area contributed by atoms with Crippen molar-refractivity contribution in [2.75, 3.05) is 17.7 Å². The zero-order chi connectivity index (χ0) is 15.6. The molecule has 118 valence electrons. The SMILES string of the molecule is CN(c1ncnc2[nH]ccc12)[C@H]1C[C@@H](CSc2cccnc2)C1. The number of hydrogen-bond donors (Lipinski definition) is 1. The molecule has 1 aliphatic rings.